The van der Waals surface area contributed by atoms with Gasteiger partial charge in [0.05, 0.1) is 12.6 Å². The molecule has 0 aliphatic rings. The Morgan fingerprint density at radius 3 is 2.92 bits per heavy atom. The summed E-state index contributed by atoms with van der Waals surface area (Å²) in [5.74, 6) is 0.429. The smallest absolute Gasteiger partial charge is 0.129 e. The lowest BCUT2D eigenvalue weighted by Gasteiger charge is -2.03. The number of fused-ring (bicyclic) bond motifs is 1. The zero-order valence-corrected chi connectivity index (χ0v) is 7.12. The van der Waals surface area contributed by atoms with Gasteiger partial charge in [-0.2, -0.15) is 0 Å². The van der Waals surface area contributed by atoms with Crippen molar-refractivity contribution in [3.8, 4) is 5.75 Å². The summed E-state index contributed by atoms with van der Waals surface area (Å²) in [6, 6.07) is 6.20. The first kappa shape index (κ1) is 7.98. The summed E-state index contributed by atoms with van der Waals surface area (Å²) in [4.78, 5) is 4.03. The molecule has 0 aliphatic carbocycles. The van der Waals surface area contributed by atoms with Crippen LogP contribution in [-0.4, -0.2) is 12.1 Å². The van der Waals surface area contributed by atoms with Gasteiger partial charge in [-0.25, -0.2) is 4.39 Å². The summed E-state index contributed by atoms with van der Waals surface area (Å²) in [6.07, 6.45) is 1.60. The van der Waals surface area contributed by atoms with Gasteiger partial charge in [0.15, 0.2) is 0 Å². The van der Waals surface area contributed by atoms with Crippen molar-refractivity contribution in [3.63, 3.8) is 0 Å². The van der Waals surface area contributed by atoms with Crippen molar-refractivity contribution < 1.29 is 9.13 Å². The average Bonchev–Trinajstić information content (AvgIpc) is 2.16. The molecule has 0 N–H and O–H groups in total. The van der Waals surface area contributed by atoms with Crippen LogP contribution in [0.5, 0.6) is 5.75 Å². The van der Waals surface area contributed by atoms with Crippen LogP contribution in [0.4, 0.5) is 4.39 Å². The van der Waals surface area contributed by atoms with Crippen molar-refractivity contribution in [1.82, 2.24) is 4.98 Å². The molecular weight excluding hydrogens is 169 g/mol. The Bertz CT molecular complexity index is 442. The Morgan fingerprint density at radius 2 is 2.15 bits per heavy atom. The van der Waals surface area contributed by atoms with Crippen molar-refractivity contribution in [2.24, 2.45) is 0 Å². The van der Waals surface area contributed by atoms with Gasteiger partial charge in [-0.15, -0.1) is 0 Å². The van der Waals surface area contributed by atoms with Gasteiger partial charge in [-0.1, -0.05) is 0 Å². The molecule has 0 radical (unpaired) electrons. The molecule has 0 atom stereocenters. The van der Waals surface area contributed by atoms with Gasteiger partial charge in [0.25, 0.3) is 0 Å². The first-order valence-electron chi connectivity index (χ1n) is 3.89. The first-order valence-corrected chi connectivity index (χ1v) is 3.89. The standard InChI is InChI=1S/C10H8FNO/c1-13-10-4-5-12-9-6-7(11)2-3-8(9)10/h2-6H,1H3. The minimum atomic E-state index is -0.284. The molecule has 66 valence electrons. The largest absolute Gasteiger partial charge is 0.496 e. The predicted octanol–water partition coefficient (Wildman–Crippen LogP) is 2.38. The highest BCUT2D eigenvalue weighted by Crippen LogP contribution is 2.23. The minimum Gasteiger partial charge on any atom is -0.496 e. The van der Waals surface area contributed by atoms with E-state index in [9.17, 15) is 4.39 Å². The van der Waals surface area contributed by atoms with E-state index in [0.29, 0.717) is 11.3 Å². The second-order valence-electron chi connectivity index (χ2n) is 2.67. The number of benzene rings is 1. The van der Waals surface area contributed by atoms with Crippen molar-refractivity contribution in [3.05, 3.63) is 36.3 Å². The minimum absolute atomic E-state index is 0.284. The fourth-order valence-electron chi connectivity index (χ4n) is 1.27. The monoisotopic (exact) mass is 177 g/mol. The summed E-state index contributed by atoms with van der Waals surface area (Å²) in [5.41, 5.74) is 0.611. The fraction of sp³-hybridized carbons (Fsp3) is 0.100. The lowest BCUT2D eigenvalue weighted by atomic mass is 10.2. The van der Waals surface area contributed by atoms with E-state index in [1.54, 1.807) is 25.4 Å². The van der Waals surface area contributed by atoms with E-state index in [2.05, 4.69) is 4.98 Å². The normalized spacial score (nSPS) is 10.3. The Labute approximate surface area is 75.0 Å². The van der Waals surface area contributed by atoms with Crippen LogP contribution in [0.2, 0.25) is 0 Å². The molecule has 0 unspecified atom stereocenters. The zero-order chi connectivity index (χ0) is 9.26. The number of halogens is 1. The molecule has 2 aromatic rings. The van der Waals surface area contributed by atoms with Crippen LogP contribution in [-0.2, 0) is 0 Å². The fourth-order valence-corrected chi connectivity index (χ4v) is 1.27. The number of nitrogens with zero attached hydrogens (tertiary/aromatic N) is 1. The lowest BCUT2D eigenvalue weighted by Crippen LogP contribution is -1.87. The molecule has 0 spiro atoms. The van der Waals surface area contributed by atoms with Crippen molar-refractivity contribution in [2.75, 3.05) is 7.11 Å². The van der Waals surface area contributed by atoms with Crippen LogP contribution in [0, 0.1) is 5.82 Å². The number of methoxy groups -OCH3 is 1. The number of rotatable bonds is 1. The van der Waals surface area contributed by atoms with Gasteiger partial charge >= 0.3 is 0 Å². The second-order valence-corrected chi connectivity index (χ2v) is 2.67. The van der Waals surface area contributed by atoms with E-state index in [0.717, 1.165) is 5.39 Å². The third kappa shape index (κ3) is 1.33. The van der Waals surface area contributed by atoms with Crippen LogP contribution < -0.4 is 4.74 Å². The predicted molar refractivity (Wildman–Crippen MR) is 48.3 cm³/mol. The number of ether oxygens (including phenoxy) is 1. The molecule has 1 heterocycles. The highest BCUT2D eigenvalue weighted by atomic mass is 19.1. The lowest BCUT2D eigenvalue weighted by molar-refractivity contribution is 0.419. The van der Waals surface area contributed by atoms with Crippen molar-refractivity contribution in [2.45, 2.75) is 0 Å². The highest BCUT2D eigenvalue weighted by Gasteiger charge is 2.01. The first-order chi connectivity index (χ1) is 6.31. The van der Waals surface area contributed by atoms with Crippen molar-refractivity contribution in [1.29, 1.82) is 0 Å². The van der Waals surface area contributed by atoms with E-state index < -0.39 is 0 Å². The second kappa shape index (κ2) is 3.01. The van der Waals surface area contributed by atoms with Gasteiger partial charge < -0.3 is 4.74 Å². The Kier molecular flexibility index (Phi) is 1.85. The van der Waals surface area contributed by atoms with Gasteiger partial charge in [-0.05, 0) is 18.2 Å². The molecule has 1 aromatic heterocycles. The van der Waals surface area contributed by atoms with Crippen LogP contribution in [0.1, 0.15) is 0 Å². The molecule has 0 aliphatic heterocycles. The van der Waals surface area contributed by atoms with Gasteiger partial charge in [0.1, 0.15) is 11.6 Å². The maximum absolute atomic E-state index is 12.8. The maximum atomic E-state index is 12.8. The summed E-state index contributed by atoms with van der Waals surface area (Å²) in [6.45, 7) is 0. The van der Waals surface area contributed by atoms with Crippen LogP contribution in [0.15, 0.2) is 30.5 Å². The topological polar surface area (TPSA) is 22.1 Å². The maximum Gasteiger partial charge on any atom is 0.129 e. The number of pyridine rings is 1. The molecule has 2 rings (SSSR count). The third-order valence-corrected chi connectivity index (χ3v) is 1.88. The van der Waals surface area contributed by atoms with Gasteiger partial charge in [0.2, 0.25) is 0 Å². The molecule has 0 bridgehead atoms. The van der Waals surface area contributed by atoms with E-state index in [1.165, 1.54) is 12.1 Å². The van der Waals surface area contributed by atoms with Crippen molar-refractivity contribution >= 4 is 10.9 Å². The number of aromatic nitrogens is 1. The molecule has 13 heavy (non-hydrogen) atoms. The number of hydrogen-bond donors (Lipinski definition) is 0. The van der Waals surface area contributed by atoms with E-state index in [1.807, 2.05) is 0 Å². The summed E-state index contributed by atoms with van der Waals surface area (Å²) in [5, 5.41) is 0.825. The van der Waals surface area contributed by atoms with Crippen LogP contribution >= 0.6 is 0 Å². The SMILES string of the molecule is COc1ccnc2cc(F)ccc12. The molecule has 2 nitrogen and oxygen atoms in total. The third-order valence-electron chi connectivity index (χ3n) is 1.88. The molecule has 0 saturated carbocycles. The van der Waals surface area contributed by atoms with Crippen LogP contribution in [0.25, 0.3) is 10.9 Å². The van der Waals surface area contributed by atoms with Gasteiger partial charge in [-0.3, -0.25) is 4.98 Å². The summed E-state index contributed by atoms with van der Waals surface area (Å²) < 4.78 is 17.9. The molecular formula is C10H8FNO. The van der Waals surface area contributed by atoms with E-state index in [-0.39, 0.29) is 5.82 Å². The van der Waals surface area contributed by atoms with E-state index in [4.69, 9.17) is 4.74 Å². The van der Waals surface area contributed by atoms with Crippen LogP contribution in [0.3, 0.4) is 0 Å². The summed E-state index contributed by atoms with van der Waals surface area (Å²) in [7, 11) is 1.58. The molecule has 1 aromatic carbocycles. The average molecular weight is 177 g/mol. The Hall–Kier alpha value is -1.64. The zero-order valence-electron chi connectivity index (χ0n) is 7.12. The molecule has 0 fully saturated rings. The Balaban J connectivity index is 2.77. The molecule has 0 amide bonds. The Morgan fingerprint density at radius 1 is 1.31 bits per heavy atom. The van der Waals surface area contributed by atoms with Gasteiger partial charge in [0, 0.05) is 17.6 Å². The quantitative estimate of drug-likeness (QED) is 0.667. The molecule has 0 saturated heterocycles. The van der Waals surface area contributed by atoms with E-state index >= 15 is 0 Å². The highest BCUT2D eigenvalue weighted by molar-refractivity contribution is 5.84. The number of hydrogen-bond acceptors (Lipinski definition) is 2. The molecule has 3 heteroatoms. The summed E-state index contributed by atoms with van der Waals surface area (Å²) >= 11 is 0.